The van der Waals surface area contributed by atoms with Gasteiger partial charge in [-0.2, -0.15) is 8.42 Å². The predicted molar refractivity (Wildman–Crippen MR) is 87.8 cm³/mol. The molecule has 2 aliphatic heterocycles. The van der Waals surface area contributed by atoms with Gasteiger partial charge in [0, 0.05) is 25.2 Å². The van der Waals surface area contributed by atoms with Crippen molar-refractivity contribution < 1.29 is 13.2 Å². The summed E-state index contributed by atoms with van der Waals surface area (Å²) < 4.78 is 28.0. The van der Waals surface area contributed by atoms with Crippen molar-refractivity contribution in [2.24, 2.45) is 4.40 Å². The van der Waals surface area contributed by atoms with Crippen LogP contribution in [0, 0.1) is 0 Å². The van der Waals surface area contributed by atoms with Gasteiger partial charge in [0.15, 0.2) is 5.84 Å². The highest BCUT2D eigenvalue weighted by molar-refractivity contribution is 7.90. The van der Waals surface area contributed by atoms with Crippen molar-refractivity contribution in [2.75, 3.05) is 20.1 Å². The lowest BCUT2D eigenvalue weighted by atomic mass is 10.0. The first kappa shape index (κ1) is 16.0. The molecule has 1 amide bonds. The van der Waals surface area contributed by atoms with Crippen LogP contribution in [0.2, 0.25) is 0 Å². The van der Waals surface area contributed by atoms with Crippen LogP contribution < -0.4 is 0 Å². The third-order valence-corrected chi connectivity index (χ3v) is 5.79. The van der Waals surface area contributed by atoms with E-state index < -0.39 is 10.0 Å². The average Bonchev–Trinajstić information content (AvgIpc) is 2.80. The highest BCUT2D eigenvalue weighted by Gasteiger charge is 2.32. The standard InChI is InChI=1S/C16H21N3O3S/c1-12-7-5-6-10-19(12)15(20)11-18(2)16-13-8-3-4-9-14(13)23(21,22)17-16/h3-4,8-9,12H,5-7,10-11H2,1-2H3. The molecule has 7 heteroatoms. The summed E-state index contributed by atoms with van der Waals surface area (Å²) in [5.41, 5.74) is 0.564. The fourth-order valence-corrected chi connectivity index (χ4v) is 4.45. The number of carbonyl (C=O) groups is 1. The van der Waals surface area contributed by atoms with Gasteiger partial charge in [0.1, 0.15) is 4.90 Å². The molecular formula is C16H21N3O3S. The lowest BCUT2D eigenvalue weighted by molar-refractivity contribution is -0.134. The number of piperidine rings is 1. The number of carbonyl (C=O) groups excluding carboxylic acids is 1. The number of nitrogens with zero attached hydrogens (tertiary/aromatic N) is 3. The van der Waals surface area contributed by atoms with Gasteiger partial charge in [-0.1, -0.05) is 12.1 Å². The Labute approximate surface area is 136 Å². The minimum atomic E-state index is -3.65. The maximum atomic E-state index is 12.5. The van der Waals surface area contributed by atoms with Gasteiger partial charge in [-0.05, 0) is 38.3 Å². The first-order valence-corrected chi connectivity index (χ1v) is 9.29. The summed E-state index contributed by atoms with van der Waals surface area (Å²) in [6, 6.07) is 6.96. The van der Waals surface area contributed by atoms with Crippen LogP contribution >= 0.6 is 0 Å². The summed E-state index contributed by atoms with van der Waals surface area (Å²) in [4.78, 5) is 16.3. The number of hydrogen-bond acceptors (Lipinski definition) is 4. The molecule has 1 saturated heterocycles. The summed E-state index contributed by atoms with van der Waals surface area (Å²) in [6.45, 7) is 2.96. The molecule has 1 aromatic rings. The molecule has 1 aromatic carbocycles. The van der Waals surface area contributed by atoms with Gasteiger partial charge < -0.3 is 9.80 Å². The minimum Gasteiger partial charge on any atom is -0.349 e. The van der Waals surface area contributed by atoms with E-state index in [1.807, 2.05) is 4.90 Å². The molecule has 0 aromatic heterocycles. The third-order valence-electron chi connectivity index (χ3n) is 4.47. The summed E-state index contributed by atoms with van der Waals surface area (Å²) >= 11 is 0. The zero-order chi connectivity index (χ0) is 16.6. The first-order chi connectivity index (χ1) is 10.9. The van der Waals surface area contributed by atoms with E-state index in [2.05, 4.69) is 11.3 Å². The number of sulfonamides is 1. The molecule has 1 unspecified atom stereocenters. The Morgan fingerprint density at radius 1 is 1.35 bits per heavy atom. The molecule has 0 N–H and O–H groups in total. The number of rotatable bonds is 2. The Bertz CT molecular complexity index is 758. The summed E-state index contributed by atoms with van der Waals surface area (Å²) in [6.07, 6.45) is 3.20. The number of likely N-dealkylation sites (N-methyl/N-ethyl adjacent to an activating group) is 1. The second kappa shape index (κ2) is 5.96. The number of hydrogen-bond donors (Lipinski definition) is 0. The normalized spacial score (nSPS) is 22.4. The van der Waals surface area contributed by atoms with E-state index in [1.54, 1.807) is 36.2 Å². The van der Waals surface area contributed by atoms with Crippen LogP contribution in [0.3, 0.4) is 0 Å². The Morgan fingerprint density at radius 2 is 2.09 bits per heavy atom. The highest BCUT2D eigenvalue weighted by atomic mass is 32.2. The molecular weight excluding hydrogens is 314 g/mol. The smallest absolute Gasteiger partial charge is 0.285 e. The topological polar surface area (TPSA) is 70.1 Å². The molecule has 1 fully saturated rings. The predicted octanol–water partition coefficient (Wildman–Crippen LogP) is 1.47. The number of amides is 1. The summed E-state index contributed by atoms with van der Waals surface area (Å²) in [5.74, 6) is 0.364. The molecule has 0 bridgehead atoms. The van der Waals surface area contributed by atoms with E-state index in [0.717, 1.165) is 25.8 Å². The van der Waals surface area contributed by atoms with Gasteiger partial charge in [0.25, 0.3) is 10.0 Å². The SMILES string of the molecule is CC1CCCCN1C(=O)CN(C)C1=NS(=O)(=O)c2ccccc21. The molecule has 0 aliphatic carbocycles. The van der Waals surface area contributed by atoms with E-state index in [0.29, 0.717) is 11.4 Å². The van der Waals surface area contributed by atoms with Crippen molar-refractivity contribution in [2.45, 2.75) is 37.1 Å². The summed E-state index contributed by atoms with van der Waals surface area (Å²) in [5, 5.41) is 0. The van der Waals surface area contributed by atoms with Crippen LogP contribution in [-0.4, -0.2) is 56.1 Å². The lowest BCUT2D eigenvalue weighted by Gasteiger charge is -2.34. The quantitative estimate of drug-likeness (QED) is 0.820. The molecule has 2 heterocycles. The van der Waals surface area contributed by atoms with E-state index in [1.165, 1.54) is 0 Å². The Hall–Kier alpha value is -1.89. The van der Waals surface area contributed by atoms with E-state index in [4.69, 9.17) is 0 Å². The molecule has 23 heavy (non-hydrogen) atoms. The van der Waals surface area contributed by atoms with Crippen molar-refractivity contribution in [1.82, 2.24) is 9.80 Å². The van der Waals surface area contributed by atoms with Crippen LogP contribution in [0.5, 0.6) is 0 Å². The van der Waals surface area contributed by atoms with Crippen LogP contribution in [0.4, 0.5) is 0 Å². The van der Waals surface area contributed by atoms with Gasteiger partial charge in [-0.15, -0.1) is 4.40 Å². The molecule has 6 nitrogen and oxygen atoms in total. The van der Waals surface area contributed by atoms with Crippen molar-refractivity contribution in [3.63, 3.8) is 0 Å². The van der Waals surface area contributed by atoms with E-state index in [9.17, 15) is 13.2 Å². The second-order valence-corrected chi connectivity index (χ2v) is 7.75. The molecule has 0 saturated carbocycles. The number of fused-ring (bicyclic) bond motifs is 1. The highest BCUT2D eigenvalue weighted by Crippen LogP contribution is 2.27. The summed E-state index contributed by atoms with van der Waals surface area (Å²) in [7, 11) is -1.94. The van der Waals surface area contributed by atoms with Crippen LogP contribution in [0.15, 0.2) is 33.6 Å². The molecule has 0 spiro atoms. The van der Waals surface area contributed by atoms with Crippen LogP contribution in [-0.2, 0) is 14.8 Å². The zero-order valence-corrected chi connectivity index (χ0v) is 14.2. The number of benzene rings is 1. The minimum absolute atomic E-state index is 0.0178. The lowest BCUT2D eigenvalue weighted by Crippen LogP contribution is -2.47. The maximum absolute atomic E-state index is 12.5. The van der Waals surface area contributed by atoms with E-state index in [-0.39, 0.29) is 23.4 Å². The first-order valence-electron chi connectivity index (χ1n) is 7.85. The van der Waals surface area contributed by atoms with Gasteiger partial charge in [0.05, 0.1) is 6.54 Å². The van der Waals surface area contributed by atoms with E-state index >= 15 is 0 Å². The largest absolute Gasteiger partial charge is 0.349 e. The fourth-order valence-electron chi connectivity index (χ4n) is 3.20. The number of likely N-dealkylation sites (tertiary alicyclic amines) is 1. The average molecular weight is 335 g/mol. The monoisotopic (exact) mass is 335 g/mol. The molecule has 0 radical (unpaired) electrons. The van der Waals surface area contributed by atoms with Gasteiger partial charge in [0.2, 0.25) is 5.91 Å². The zero-order valence-electron chi connectivity index (χ0n) is 13.4. The fraction of sp³-hybridized carbons (Fsp3) is 0.500. The Balaban J connectivity index is 1.79. The molecule has 1 atom stereocenters. The van der Waals surface area contributed by atoms with Crippen LogP contribution in [0.1, 0.15) is 31.7 Å². The Morgan fingerprint density at radius 3 is 2.83 bits per heavy atom. The van der Waals surface area contributed by atoms with Gasteiger partial charge in [-0.25, -0.2) is 0 Å². The van der Waals surface area contributed by atoms with Crippen molar-refractivity contribution >= 4 is 21.8 Å². The molecule has 3 rings (SSSR count). The van der Waals surface area contributed by atoms with Gasteiger partial charge >= 0.3 is 0 Å². The van der Waals surface area contributed by atoms with Crippen LogP contribution in [0.25, 0.3) is 0 Å². The maximum Gasteiger partial charge on any atom is 0.285 e. The third kappa shape index (κ3) is 2.97. The number of amidine groups is 1. The van der Waals surface area contributed by atoms with Crippen molar-refractivity contribution in [3.8, 4) is 0 Å². The van der Waals surface area contributed by atoms with Gasteiger partial charge in [-0.3, -0.25) is 4.79 Å². The Kier molecular flexibility index (Phi) is 4.14. The second-order valence-electron chi connectivity index (χ2n) is 6.17. The van der Waals surface area contributed by atoms with Crippen molar-refractivity contribution in [3.05, 3.63) is 29.8 Å². The molecule has 124 valence electrons. The van der Waals surface area contributed by atoms with Crippen molar-refractivity contribution in [1.29, 1.82) is 0 Å². The molecule has 2 aliphatic rings.